The molecule has 1 aliphatic heterocycles. The molecule has 0 amide bonds. The molecule has 2 aromatic rings. The summed E-state index contributed by atoms with van der Waals surface area (Å²) in [6.07, 6.45) is 2.00. The summed E-state index contributed by atoms with van der Waals surface area (Å²) >= 11 is 0. The molecule has 0 aliphatic carbocycles. The molecule has 15 heavy (non-hydrogen) atoms. The summed E-state index contributed by atoms with van der Waals surface area (Å²) in [7, 11) is 0. The predicted molar refractivity (Wildman–Crippen MR) is 63.8 cm³/mol. The number of hydrogen-bond acceptors (Lipinski definition) is 1. The molecule has 1 fully saturated rings. The van der Waals surface area contributed by atoms with Crippen LogP contribution in [0.2, 0.25) is 0 Å². The molecule has 0 spiro atoms. The van der Waals surface area contributed by atoms with Gasteiger partial charge in [0.1, 0.15) is 0 Å². The standard InChI is InChI=1S/C14H13N/c1-2-14(10-15-14)13-8-7-11-5-3-4-6-12(11)9-13/h2-9,15H,1,10H2. The van der Waals surface area contributed by atoms with Gasteiger partial charge in [0.15, 0.2) is 0 Å². The van der Waals surface area contributed by atoms with Crippen LogP contribution in [0.15, 0.2) is 55.1 Å². The fourth-order valence-electron chi connectivity index (χ4n) is 2.03. The second kappa shape index (κ2) is 2.94. The number of fused-ring (bicyclic) bond motifs is 1. The molecule has 0 saturated carbocycles. The molecule has 0 radical (unpaired) electrons. The number of nitrogens with one attached hydrogen (secondary N) is 1. The van der Waals surface area contributed by atoms with Gasteiger partial charge in [-0.2, -0.15) is 0 Å². The highest BCUT2D eigenvalue weighted by Crippen LogP contribution is 2.33. The zero-order valence-electron chi connectivity index (χ0n) is 8.53. The Bertz CT molecular complexity index is 524. The van der Waals surface area contributed by atoms with Crippen molar-refractivity contribution in [2.75, 3.05) is 6.54 Å². The van der Waals surface area contributed by atoms with E-state index < -0.39 is 0 Å². The highest BCUT2D eigenvalue weighted by Gasteiger charge is 2.40. The summed E-state index contributed by atoms with van der Waals surface area (Å²) in [5.41, 5.74) is 1.36. The van der Waals surface area contributed by atoms with Gasteiger partial charge in [-0.3, -0.25) is 0 Å². The van der Waals surface area contributed by atoms with E-state index in [0.29, 0.717) is 0 Å². The summed E-state index contributed by atoms with van der Waals surface area (Å²) < 4.78 is 0. The van der Waals surface area contributed by atoms with Gasteiger partial charge in [0.25, 0.3) is 0 Å². The molecule has 0 bridgehead atoms. The maximum absolute atomic E-state index is 3.89. The van der Waals surface area contributed by atoms with Crippen molar-refractivity contribution in [3.8, 4) is 0 Å². The molecular formula is C14H13N. The lowest BCUT2D eigenvalue weighted by atomic mass is 9.96. The van der Waals surface area contributed by atoms with Crippen LogP contribution in [0.25, 0.3) is 10.8 Å². The average Bonchev–Trinajstić information content (AvgIpc) is 3.09. The van der Waals surface area contributed by atoms with Crippen LogP contribution in [-0.4, -0.2) is 6.54 Å². The van der Waals surface area contributed by atoms with E-state index in [9.17, 15) is 0 Å². The van der Waals surface area contributed by atoms with Gasteiger partial charge in [-0.1, -0.05) is 42.5 Å². The first-order valence-electron chi connectivity index (χ1n) is 5.22. The van der Waals surface area contributed by atoms with Crippen molar-refractivity contribution >= 4 is 10.8 Å². The van der Waals surface area contributed by atoms with Crippen LogP contribution in [0.5, 0.6) is 0 Å². The molecule has 74 valence electrons. The first kappa shape index (κ1) is 8.69. The van der Waals surface area contributed by atoms with Crippen molar-refractivity contribution in [1.29, 1.82) is 0 Å². The third kappa shape index (κ3) is 1.28. The minimum Gasteiger partial charge on any atom is -0.301 e. The zero-order chi connectivity index (χ0) is 10.3. The van der Waals surface area contributed by atoms with E-state index in [2.05, 4.69) is 54.4 Å². The molecule has 1 saturated heterocycles. The van der Waals surface area contributed by atoms with E-state index in [1.165, 1.54) is 16.3 Å². The Morgan fingerprint density at radius 3 is 2.53 bits per heavy atom. The van der Waals surface area contributed by atoms with Gasteiger partial charge in [-0.15, -0.1) is 6.58 Å². The van der Waals surface area contributed by atoms with Crippen molar-refractivity contribution in [1.82, 2.24) is 5.32 Å². The highest BCUT2D eigenvalue weighted by molar-refractivity contribution is 5.83. The molecule has 1 N–H and O–H groups in total. The van der Waals surface area contributed by atoms with E-state index in [1.807, 2.05) is 6.08 Å². The smallest absolute Gasteiger partial charge is 0.0745 e. The van der Waals surface area contributed by atoms with E-state index in [4.69, 9.17) is 0 Å². The minimum absolute atomic E-state index is 0.0457. The van der Waals surface area contributed by atoms with Crippen molar-refractivity contribution < 1.29 is 0 Å². The highest BCUT2D eigenvalue weighted by atomic mass is 15.2. The van der Waals surface area contributed by atoms with Crippen LogP contribution >= 0.6 is 0 Å². The minimum atomic E-state index is 0.0457. The molecule has 1 heteroatoms. The fraction of sp³-hybridized carbons (Fsp3) is 0.143. The molecule has 1 atom stereocenters. The number of rotatable bonds is 2. The van der Waals surface area contributed by atoms with Crippen molar-refractivity contribution in [3.05, 3.63) is 60.7 Å². The van der Waals surface area contributed by atoms with Crippen LogP contribution < -0.4 is 5.32 Å². The van der Waals surface area contributed by atoms with Gasteiger partial charge in [0, 0.05) is 6.54 Å². The first-order chi connectivity index (χ1) is 7.34. The summed E-state index contributed by atoms with van der Waals surface area (Å²) in [5, 5.41) is 5.95. The Hall–Kier alpha value is -1.60. The lowest BCUT2D eigenvalue weighted by Crippen LogP contribution is -2.07. The maximum Gasteiger partial charge on any atom is 0.0745 e. The van der Waals surface area contributed by atoms with Crippen LogP contribution in [0.4, 0.5) is 0 Å². The fourth-order valence-corrected chi connectivity index (χ4v) is 2.03. The first-order valence-corrected chi connectivity index (χ1v) is 5.22. The SMILES string of the molecule is C=CC1(c2ccc3ccccc3c2)CN1. The van der Waals surface area contributed by atoms with Crippen LogP contribution in [0.1, 0.15) is 5.56 Å². The molecular weight excluding hydrogens is 182 g/mol. The molecule has 2 aromatic carbocycles. The third-order valence-electron chi connectivity index (χ3n) is 3.17. The Morgan fingerprint density at radius 1 is 1.13 bits per heavy atom. The summed E-state index contributed by atoms with van der Waals surface area (Å²) in [6, 6.07) is 15.0. The lowest BCUT2D eigenvalue weighted by molar-refractivity contribution is 0.866. The Labute approximate surface area is 89.4 Å². The topological polar surface area (TPSA) is 21.9 Å². The number of benzene rings is 2. The predicted octanol–water partition coefficient (Wildman–Crippen LogP) is 2.82. The van der Waals surface area contributed by atoms with Crippen LogP contribution in [-0.2, 0) is 5.54 Å². The van der Waals surface area contributed by atoms with Gasteiger partial charge in [0.05, 0.1) is 5.54 Å². The van der Waals surface area contributed by atoms with Gasteiger partial charge in [-0.25, -0.2) is 0 Å². The second-order valence-electron chi connectivity index (χ2n) is 4.09. The van der Waals surface area contributed by atoms with E-state index in [-0.39, 0.29) is 5.54 Å². The quantitative estimate of drug-likeness (QED) is 0.577. The Morgan fingerprint density at radius 2 is 1.87 bits per heavy atom. The Balaban J connectivity index is 2.18. The van der Waals surface area contributed by atoms with E-state index in [1.54, 1.807) is 0 Å². The van der Waals surface area contributed by atoms with Crippen molar-refractivity contribution in [2.45, 2.75) is 5.54 Å². The zero-order valence-corrected chi connectivity index (χ0v) is 8.53. The van der Waals surface area contributed by atoms with E-state index in [0.717, 1.165) is 6.54 Å². The largest absolute Gasteiger partial charge is 0.301 e. The normalized spacial score (nSPS) is 24.0. The maximum atomic E-state index is 3.89. The van der Waals surface area contributed by atoms with Crippen molar-refractivity contribution in [3.63, 3.8) is 0 Å². The van der Waals surface area contributed by atoms with Crippen LogP contribution in [0.3, 0.4) is 0 Å². The lowest BCUT2D eigenvalue weighted by Gasteiger charge is -2.09. The molecule has 0 aromatic heterocycles. The second-order valence-corrected chi connectivity index (χ2v) is 4.09. The average molecular weight is 195 g/mol. The Kier molecular flexibility index (Phi) is 1.70. The van der Waals surface area contributed by atoms with Gasteiger partial charge in [-0.05, 0) is 22.4 Å². The summed E-state index contributed by atoms with van der Waals surface area (Å²) in [4.78, 5) is 0. The van der Waals surface area contributed by atoms with Gasteiger partial charge < -0.3 is 5.32 Å². The van der Waals surface area contributed by atoms with Gasteiger partial charge >= 0.3 is 0 Å². The molecule has 1 aliphatic rings. The number of hydrogen-bond donors (Lipinski definition) is 1. The molecule has 3 rings (SSSR count). The molecule has 1 unspecified atom stereocenters. The molecule has 1 nitrogen and oxygen atoms in total. The van der Waals surface area contributed by atoms with E-state index >= 15 is 0 Å². The molecule has 1 heterocycles. The summed E-state index contributed by atoms with van der Waals surface area (Å²) in [5.74, 6) is 0. The van der Waals surface area contributed by atoms with Crippen LogP contribution in [0, 0.1) is 0 Å². The monoisotopic (exact) mass is 195 g/mol. The van der Waals surface area contributed by atoms with Gasteiger partial charge in [0.2, 0.25) is 0 Å². The third-order valence-corrected chi connectivity index (χ3v) is 3.17. The summed E-state index contributed by atoms with van der Waals surface area (Å²) in [6.45, 7) is 4.90. The van der Waals surface area contributed by atoms with Crippen molar-refractivity contribution in [2.24, 2.45) is 0 Å².